The third-order valence-corrected chi connectivity index (χ3v) is 12.7. The number of thiol groups is 2. The number of unbranched alkanes of at least 4 members (excludes halogenated alkanes) is 1. The van der Waals surface area contributed by atoms with Crippen LogP contribution in [0.4, 0.5) is 0 Å². The van der Waals surface area contributed by atoms with E-state index in [1.54, 1.807) is 36.5 Å². The van der Waals surface area contributed by atoms with Gasteiger partial charge in [-0.25, -0.2) is 4.98 Å². The van der Waals surface area contributed by atoms with Crippen LogP contribution in [0, 0.1) is 0 Å². The van der Waals surface area contributed by atoms with Crippen molar-refractivity contribution in [3.05, 3.63) is 90.1 Å². The number of amides is 9. The maximum Gasteiger partial charge on any atom is 0.243 e. The van der Waals surface area contributed by atoms with Crippen molar-refractivity contribution in [1.82, 2.24) is 57.5 Å². The number of rotatable bonds is 33. The smallest absolute Gasteiger partial charge is 0.243 e. The number of H-pyrrole nitrogens is 2. The van der Waals surface area contributed by atoms with Crippen molar-refractivity contribution in [1.29, 1.82) is 0 Å². The second-order valence-electron chi connectivity index (χ2n) is 18.0. The molecule has 0 radical (unpaired) electrons. The fraction of sp³-hybridized carbons (Fsp3) is 0.460. The van der Waals surface area contributed by atoms with Gasteiger partial charge in [0.1, 0.15) is 42.3 Å². The van der Waals surface area contributed by atoms with Gasteiger partial charge in [-0.05, 0) is 42.9 Å². The number of guanidine groups is 1. The van der Waals surface area contributed by atoms with Crippen molar-refractivity contribution in [2.75, 3.05) is 24.6 Å². The molecule has 0 unspecified atom stereocenters. The van der Waals surface area contributed by atoms with Gasteiger partial charge in [-0.2, -0.15) is 25.3 Å². The molecule has 4 rings (SSSR count). The van der Waals surface area contributed by atoms with Crippen LogP contribution in [-0.2, 0) is 62.4 Å². The molecule has 76 heavy (non-hydrogen) atoms. The van der Waals surface area contributed by atoms with Crippen molar-refractivity contribution in [2.45, 2.75) is 120 Å². The summed E-state index contributed by atoms with van der Waals surface area (Å²) in [6, 6.07) is 7.85. The minimum Gasteiger partial charge on any atom is -0.370 e. The Balaban J connectivity index is 1.53. The summed E-state index contributed by atoms with van der Waals surface area (Å²) in [5, 5.41) is 22.3. The number of carbonyl (C=O) groups excluding carboxylic acids is 9. The zero-order valence-electron chi connectivity index (χ0n) is 42.6. The van der Waals surface area contributed by atoms with Crippen LogP contribution in [0.15, 0.2) is 78.3 Å². The highest BCUT2D eigenvalue weighted by molar-refractivity contribution is 7.80. The summed E-state index contributed by atoms with van der Waals surface area (Å²) in [5.41, 5.74) is 19.2. The van der Waals surface area contributed by atoms with Crippen LogP contribution in [0.2, 0.25) is 0 Å². The van der Waals surface area contributed by atoms with E-state index in [2.05, 4.69) is 87.7 Å². The fourth-order valence-corrected chi connectivity index (χ4v) is 8.45. The molecule has 0 aliphatic heterocycles. The predicted octanol–water partition coefficient (Wildman–Crippen LogP) is -1.18. The van der Waals surface area contributed by atoms with Crippen LogP contribution in [0.5, 0.6) is 0 Å². The number of aromatic nitrogens is 3. The number of hydrogen-bond donors (Lipinski definition) is 15. The minimum atomic E-state index is -1.34. The zero-order valence-corrected chi connectivity index (χ0v) is 44.4. The molecule has 0 aliphatic carbocycles. The number of carbonyl (C=O) groups is 9. The zero-order chi connectivity index (χ0) is 55.6. The number of benzene rings is 2. The Bertz CT molecular complexity index is 2600. The molecule has 0 bridgehead atoms. The Kier molecular flexibility index (Phi) is 25.6. The van der Waals surface area contributed by atoms with E-state index in [1.807, 2.05) is 31.2 Å². The normalized spacial score (nSPS) is 13.7. The second-order valence-corrected chi connectivity index (χ2v) is 18.7. The minimum absolute atomic E-state index is 0.0206. The Morgan fingerprint density at radius 3 is 1.79 bits per heavy atom. The summed E-state index contributed by atoms with van der Waals surface area (Å²) >= 11 is 8.37. The summed E-state index contributed by atoms with van der Waals surface area (Å²) in [7, 11) is 0. The predicted molar refractivity (Wildman–Crippen MR) is 292 cm³/mol. The SMILES string of the molecule is CCCC[C@H](NC(C)=O)C(=O)N[C@@H](CS)C(=O)NCCCC(=O)N[C@@H](Cc1cnc[nH]1)C(=O)N[C@H](Cc1ccccc1)C(=O)N[C@@H](CCCN=C(N)N)C(=O)N[C@@H](Cc1c[nH]c2ccccc12)C(=O)N[C@H](CS)C(N)=O. The highest BCUT2D eigenvalue weighted by Crippen LogP contribution is 2.20. The summed E-state index contributed by atoms with van der Waals surface area (Å²) in [6.45, 7) is 3.34. The van der Waals surface area contributed by atoms with Gasteiger partial charge in [0.05, 0.1) is 6.33 Å². The van der Waals surface area contributed by atoms with Crippen LogP contribution in [-0.4, -0.2) is 141 Å². The topological polar surface area (TPSA) is 385 Å². The summed E-state index contributed by atoms with van der Waals surface area (Å²) in [5.74, 6) is -6.29. The summed E-state index contributed by atoms with van der Waals surface area (Å²) in [4.78, 5) is 135. The van der Waals surface area contributed by atoms with Gasteiger partial charge in [0, 0.05) is 86.2 Å². The summed E-state index contributed by atoms with van der Waals surface area (Å²) < 4.78 is 0. The number of aliphatic imine (C=N–C) groups is 1. The number of hydrogen-bond acceptors (Lipinski definition) is 13. The second kappa shape index (κ2) is 32.0. The quantitative estimate of drug-likeness (QED) is 0.0116. The molecular formula is C50H71N15O9S2. The third kappa shape index (κ3) is 20.6. The Morgan fingerprint density at radius 1 is 0.618 bits per heavy atom. The number of nitrogens with zero attached hydrogens (tertiary/aromatic N) is 2. The molecular weight excluding hydrogens is 1020 g/mol. The van der Waals surface area contributed by atoms with Crippen LogP contribution in [0.3, 0.4) is 0 Å². The van der Waals surface area contributed by atoms with Crippen LogP contribution < -0.4 is 59.7 Å². The van der Waals surface area contributed by atoms with Crippen LogP contribution in [0.25, 0.3) is 10.9 Å². The van der Waals surface area contributed by atoms with Crippen molar-refractivity contribution >= 4 is 95.3 Å². The van der Waals surface area contributed by atoms with Crippen LogP contribution in [0.1, 0.15) is 75.6 Å². The molecule has 26 heteroatoms. The number of nitrogens with one attached hydrogen (secondary N) is 10. The Labute approximate surface area is 451 Å². The molecule has 0 spiro atoms. The lowest BCUT2D eigenvalue weighted by Gasteiger charge is -2.27. The van der Waals surface area contributed by atoms with E-state index in [4.69, 9.17) is 17.2 Å². The van der Waals surface area contributed by atoms with Gasteiger partial charge in [0.2, 0.25) is 53.2 Å². The fourth-order valence-electron chi connectivity index (χ4n) is 7.92. The van der Waals surface area contributed by atoms with Crippen molar-refractivity contribution < 1.29 is 43.2 Å². The standard InChI is InChI=1S/C50H71N15O9S2/c1-3-4-15-35(59-29(2)66)45(70)65-41(27-76)44(69)55-19-11-18-42(67)60-39(23-32-25-54-28-58-32)49(74)62-37(21-30-12-6-5-7-13-30)47(72)61-36(17-10-20-56-50(52)53)46(71)63-38(48(73)64-40(26-75)43(51)68)22-31-24-57-34-16-9-8-14-33(31)34/h5-9,12-14,16,24-25,28,35-41,57,75-76H,3-4,10-11,15,17-23,26-27H2,1-2H3,(H2,51,68)(H,54,58)(H,55,69)(H,59,66)(H,60,67)(H,61,72)(H,62,74)(H,63,71)(H,64,73)(H,65,70)(H4,52,53,56)/t35-,36-,37+,38-,39-,40+,41-/m0/s1. The van der Waals surface area contributed by atoms with E-state index in [9.17, 15) is 43.2 Å². The molecule has 24 nitrogen and oxygen atoms in total. The molecule has 4 aromatic rings. The van der Waals surface area contributed by atoms with E-state index in [1.165, 1.54) is 19.4 Å². The van der Waals surface area contributed by atoms with Gasteiger partial charge in [-0.15, -0.1) is 0 Å². The molecule has 2 heterocycles. The molecule has 7 atom stereocenters. The van der Waals surface area contributed by atoms with E-state index >= 15 is 0 Å². The monoisotopic (exact) mass is 1090 g/mol. The average molecular weight is 1090 g/mol. The first-order chi connectivity index (χ1) is 36.4. The number of imidazole rings is 1. The number of fused-ring (bicyclic) bond motifs is 1. The molecule has 16 N–H and O–H groups in total. The van der Waals surface area contributed by atoms with Crippen molar-refractivity contribution in [3.8, 4) is 0 Å². The van der Waals surface area contributed by atoms with Gasteiger partial charge in [0.25, 0.3) is 0 Å². The van der Waals surface area contributed by atoms with E-state index in [0.717, 1.165) is 17.3 Å². The first-order valence-corrected chi connectivity index (χ1v) is 26.2. The van der Waals surface area contributed by atoms with Gasteiger partial charge in [0.15, 0.2) is 5.96 Å². The van der Waals surface area contributed by atoms with E-state index in [0.29, 0.717) is 29.7 Å². The van der Waals surface area contributed by atoms with Crippen LogP contribution >= 0.6 is 25.3 Å². The molecule has 412 valence electrons. The highest BCUT2D eigenvalue weighted by atomic mass is 32.1. The lowest BCUT2D eigenvalue weighted by atomic mass is 10.0. The first-order valence-electron chi connectivity index (χ1n) is 24.9. The van der Waals surface area contributed by atoms with Gasteiger partial charge >= 0.3 is 0 Å². The first kappa shape index (κ1) is 60.9. The lowest BCUT2D eigenvalue weighted by Crippen LogP contribution is -2.60. The largest absolute Gasteiger partial charge is 0.370 e. The maximum atomic E-state index is 14.6. The van der Waals surface area contributed by atoms with Crippen molar-refractivity contribution in [2.24, 2.45) is 22.2 Å². The lowest BCUT2D eigenvalue weighted by molar-refractivity contribution is -0.135. The third-order valence-electron chi connectivity index (χ3n) is 11.9. The molecule has 2 aromatic heterocycles. The summed E-state index contributed by atoms with van der Waals surface area (Å²) in [6.07, 6.45) is 6.37. The van der Waals surface area contributed by atoms with E-state index < -0.39 is 89.6 Å². The highest BCUT2D eigenvalue weighted by Gasteiger charge is 2.33. The van der Waals surface area contributed by atoms with Gasteiger partial charge in [-0.1, -0.05) is 68.3 Å². The molecule has 2 aromatic carbocycles. The Hall–Kier alpha value is -7.61. The number of primary amides is 1. The average Bonchev–Trinajstić information content (AvgIpc) is 4.07. The molecule has 0 saturated carbocycles. The van der Waals surface area contributed by atoms with E-state index in [-0.39, 0.29) is 81.4 Å². The number of para-hydroxylation sites is 1. The van der Waals surface area contributed by atoms with Gasteiger partial charge in [-0.3, -0.25) is 48.1 Å². The Morgan fingerprint density at radius 2 is 1.18 bits per heavy atom. The number of nitrogens with two attached hydrogens (primary N) is 3. The van der Waals surface area contributed by atoms with Crippen molar-refractivity contribution in [3.63, 3.8) is 0 Å². The van der Waals surface area contributed by atoms with Gasteiger partial charge < -0.3 is 69.7 Å². The molecule has 0 aliphatic rings. The molecule has 0 saturated heterocycles. The molecule has 9 amide bonds. The number of aromatic amines is 2. The maximum absolute atomic E-state index is 14.6. The molecule has 0 fully saturated rings.